The van der Waals surface area contributed by atoms with Gasteiger partial charge in [0.05, 0.1) is 6.54 Å². The van der Waals surface area contributed by atoms with E-state index in [9.17, 15) is 4.79 Å². The summed E-state index contributed by atoms with van der Waals surface area (Å²) in [7, 11) is 0. The van der Waals surface area contributed by atoms with E-state index in [0.717, 1.165) is 5.56 Å². The quantitative estimate of drug-likeness (QED) is 0.778. The average Bonchev–Trinajstić information content (AvgIpc) is 3.04. The number of pyridine rings is 1. The van der Waals surface area contributed by atoms with Crippen LogP contribution in [0, 0.1) is 0 Å². The number of hydrogen-bond donors (Lipinski definition) is 1. The van der Waals surface area contributed by atoms with Crippen LogP contribution in [0.3, 0.4) is 0 Å². The molecule has 0 saturated heterocycles. The monoisotopic (exact) mass is 281 g/mol. The molecule has 0 aliphatic carbocycles. The van der Waals surface area contributed by atoms with Gasteiger partial charge < -0.3 is 9.84 Å². The maximum atomic E-state index is 11.9. The molecule has 3 aromatic rings. The molecule has 7 nitrogen and oxygen atoms in total. The Labute approximate surface area is 120 Å². The molecule has 3 rings (SSSR count). The zero-order valence-electron chi connectivity index (χ0n) is 10.9. The van der Waals surface area contributed by atoms with Crippen molar-refractivity contribution in [1.29, 1.82) is 0 Å². The van der Waals surface area contributed by atoms with Crippen molar-refractivity contribution in [2.45, 2.75) is 6.54 Å². The van der Waals surface area contributed by atoms with Gasteiger partial charge in [-0.05, 0) is 18.2 Å². The number of carbonyl (C=O) groups is 1. The Kier molecular flexibility index (Phi) is 3.64. The zero-order valence-corrected chi connectivity index (χ0v) is 10.9. The van der Waals surface area contributed by atoms with Gasteiger partial charge in [0.2, 0.25) is 5.76 Å². The lowest BCUT2D eigenvalue weighted by molar-refractivity contribution is 0.0913. The van der Waals surface area contributed by atoms with Gasteiger partial charge in [0.25, 0.3) is 5.91 Å². The zero-order chi connectivity index (χ0) is 14.5. The third kappa shape index (κ3) is 3.08. The van der Waals surface area contributed by atoms with E-state index < -0.39 is 0 Å². The van der Waals surface area contributed by atoms with Crippen molar-refractivity contribution < 1.29 is 9.32 Å². The van der Waals surface area contributed by atoms with Gasteiger partial charge in [-0.25, -0.2) is 9.97 Å². The normalized spacial score (nSPS) is 10.3. The molecule has 3 heterocycles. The minimum atomic E-state index is -0.370. The van der Waals surface area contributed by atoms with Crippen LogP contribution >= 0.6 is 0 Å². The predicted molar refractivity (Wildman–Crippen MR) is 72.9 cm³/mol. The van der Waals surface area contributed by atoms with E-state index in [0.29, 0.717) is 11.5 Å². The molecule has 1 N–H and O–H groups in total. The third-order valence-corrected chi connectivity index (χ3v) is 2.72. The average molecular weight is 281 g/mol. The molecule has 0 fully saturated rings. The van der Waals surface area contributed by atoms with Gasteiger partial charge in [0.1, 0.15) is 11.5 Å². The van der Waals surface area contributed by atoms with E-state index in [-0.39, 0.29) is 18.2 Å². The van der Waals surface area contributed by atoms with Crippen molar-refractivity contribution in [2.24, 2.45) is 0 Å². The summed E-state index contributed by atoms with van der Waals surface area (Å²) in [4.78, 5) is 24.0. The van der Waals surface area contributed by atoms with Crippen molar-refractivity contribution in [3.8, 4) is 11.3 Å². The van der Waals surface area contributed by atoms with Crippen LogP contribution in [0.5, 0.6) is 0 Å². The van der Waals surface area contributed by atoms with Crippen molar-refractivity contribution >= 4 is 5.91 Å². The number of rotatable bonds is 4. The second-order valence-electron chi connectivity index (χ2n) is 4.17. The van der Waals surface area contributed by atoms with Crippen LogP contribution < -0.4 is 5.32 Å². The highest BCUT2D eigenvalue weighted by atomic mass is 16.5. The Morgan fingerprint density at radius 3 is 2.81 bits per heavy atom. The van der Waals surface area contributed by atoms with Gasteiger partial charge in [0.15, 0.2) is 0 Å². The summed E-state index contributed by atoms with van der Waals surface area (Å²) in [5.74, 6) is 0.285. The molecule has 0 atom stereocenters. The molecule has 0 aliphatic rings. The summed E-state index contributed by atoms with van der Waals surface area (Å²) >= 11 is 0. The number of amides is 1. The van der Waals surface area contributed by atoms with Gasteiger partial charge >= 0.3 is 0 Å². The van der Waals surface area contributed by atoms with Crippen LogP contribution in [0.15, 0.2) is 53.6 Å². The fourth-order valence-corrected chi connectivity index (χ4v) is 1.70. The Morgan fingerprint density at radius 2 is 2.05 bits per heavy atom. The van der Waals surface area contributed by atoms with Gasteiger partial charge in [-0.15, -0.1) is 0 Å². The summed E-state index contributed by atoms with van der Waals surface area (Å²) in [6.07, 6.45) is 6.54. The molecule has 0 aliphatic heterocycles. The Balaban J connectivity index is 1.67. The fraction of sp³-hybridized carbons (Fsp3) is 0.0714. The number of nitrogens with one attached hydrogen (secondary N) is 1. The van der Waals surface area contributed by atoms with Gasteiger partial charge in [-0.1, -0.05) is 5.16 Å². The molecule has 0 radical (unpaired) electrons. The van der Waals surface area contributed by atoms with Crippen molar-refractivity contribution in [1.82, 2.24) is 25.4 Å². The van der Waals surface area contributed by atoms with Crippen LogP contribution in [0.2, 0.25) is 0 Å². The Hall–Kier alpha value is -3.09. The molecular weight excluding hydrogens is 270 g/mol. The molecule has 104 valence electrons. The van der Waals surface area contributed by atoms with Crippen LogP contribution in [0.25, 0.3) is 11.3 Å². The molecule has 0 saturated carbocycles. The van der Waals surface area contributed by atoms with E-state index in [2.05, 4.69) is 25.4 Å². The van der Waals surface area contributed by atoms with Crippen LogP contribution in [-0.2, 0) is 6.54 Å². The topological polar surface area (TPSA) is 93.8 Å². The maximum Gasteiger partial charge on any atom is 0.290 e. The van der Waals surface area contributed by atoms with Gasteiger partial charge in [0, 0.05) is 36.4 Å². The number of carbonyl (C=O) groups excluding carboxylic acids is 1. The van der Waals surface area contributed by atoms with Crippen molar-refractivity contribution in [3.63, 3.8) is 0 Å². The third-order valence-electron chi connectivity index (χ3n) is 2.72. The molecule has 7 heteroatoms. The number of nitrogens with zero attached hydrogens (tertiary/aromatic N) is 4. The van der Waals surface area contributed by atoms with Crippen molar-refractivity contribution in [2.75, 3.05) is 0 Å². The lowest BCUT2D eigenvalue weighted by Gasteiger charge is -2.00. The number of hydrogen-bond acceptors (Lipinski definition) is 6. The van der Waals surface area contributed by atoms with Crippen LogP contribution in [0.1, 0.15) is 16.4 Å². The highest BCUT2D eigenvalue weighted by molar-refractivity contribution is 5.92. The first-order chi connectivity index (χ1) is 10.3. The second-order valence-corrected chi connectivity index (χ2v) is 4.17. The van der Waals surface area contributed by atoms with E-state index in [4.69, 9.17) is 4.52 Å². The first-order valence-corrected chi connectivity index (χ1v) is 6.24. The van der Waals surface area contributed by atoms with Crippen LogP contribution in [-0.4, -0.2) is 26.0 Å². The fourth-order valence-electron chi connectivity index (χ4n) is 1.70. The SMILES string of the molecule is O=C(NCc1ncccn1)c1cc(-c2cccnc2)no1. The molecule has 0 bridgehead atoms. The van der Waals surface area contributed by atoms with Crippen LogP contribution in [0.4, 0.5) is 0 Å². The molecular formula is C14H11N5O2. The van der Waals surface area contributed by atoms with E-state index >= 15 is 0 Å². The second kappa shape index (κ2) is 5.91. The highest BCUT2D eigenvalue weighted by Crippen LogP contribution is 2.17. The minimum absolute atomic E-state index is 0.129. The molecule has 0 unspecified atom stereocenters. The smallest absolute Gasteiger partial charge is 0.290 e. The summed E-state index contributed by atoms with van der Waals surface area (Å²) in [5, 5.41) is 6.52. The summed E-state index contributed by atoms with van der Waals surface area (Å²) in [6.45, 7) is 0.225. The minimum Gasteiger partial charge on any atom is -0.350 e. The number of aromatic nitrogens is 4. The van der Waals surface area contributed by atoms with E-state index in [1.54, 1.807) is 43.0 Å². The summed E-state index contributed by atoms with van der Waals surface area (Å²) in [5.41, 5.74) is 1.34. The highest BCUT2D eigenvalue weighted by Gasteiger charge is 2.14. The Morgan fingerprint density at radius 1 is 1.19 bits per heavy atom. The predicted octanol–water partition coefficient (Wildman–Crippen LogP) is 1.46. The lowest BCUT2D eigenvalue weighted by atomic mass is 10.2. The maximum absolute atomic E-state index is 11.9. The van der Waals surface area contributed by atoms with E-state index in [1.807, 2.05) is 6.07 Å². The van der Waals surface area contributed by atoms with Gasteiger partial charge in [-0.3, -0.25) is 9.78 Å². The summed E-state index contributed by atoms with van der Waals surface area (Å²) in [6, 6.07) is 6.90. The summed E-state index contributed by atoms with van der Waals surface area (Å²) < 4.78 is 5.04. The molecule has 0 spiro atoms. The van der Waals surface area contributed by atoms with Crippen molar-refractivity contribution in [3.05, 3.63) is 60.6 Å². The first-order valence-electron chi connectivity index (χ1n) is 6.24. The lowest BCUT2D eigenvalue weighted by Crippen LogP contribution is -2.23. The molecule has 3 aromatic heterocycles. The standard InChI is InChI=1S/C14H11N5O2/c20-14(18-9-13-16-5-2-6-17-13)12-7-11(19-21-12)10-3-1-4-15-8-10/h1-8H,9H2,(H,18,20). The molecule has 21 heavy (non-hydrogen) atoms. The molecule has 0 aromatic carbocycles. The largest absolute Gasteiger partial charge is 0.350 e. The first kappa shape index (κ1) is 12.9. The van der Waals surface area contributed by atoms with E-state index in [1.165, 1.54) is 0 Å². The molecule has 1 amide bonds. The van der Waals surface area contributed by atoms with Gasteiger partial charge in [-0.2, -0.15) is 0 Å². The Bertz CT molecular complexity index is 727.